The monoisotopic (exact) mass is 307 g/mol. The number of nitrogens with zero attached hydrogens (tertiary/aromatic N) is 2. The first kappa shape index (κ1) is 15.7. The molecule has 2 rings (SSSR count). The van der Waals surface area contributed by atoms with Crippen molar-refractivity contribution >= 4 is 23.1 Å². The van der Waals surface area contributed by atoms with Gasteiger partial charge in [-0.1, -0.05) is 23.7 Å². The number of nitrogens with one attached hydrogen (secondary N) is 1. The second kappa shape index (κ2) is 7.93. The van der Waals surface area contributed by atoms with Crippen LogP contribution in [0.2, 0.25) is 5.15 Å². The molecule has 112 valence electrons. The van der Waals surface area contributed by atoms with Gasteiger partial charge in [0, 0.05) is 25.5 Å². The summed E-state index contributed by atoms with van der Waals surface area (Å²) in [5.41, 5.74) is 2.00. The molecule has 0 spiro atoms. The van der Waals surface area contributed by atoms with Crippen molar-refractivity contribution in [2.45, 2.75) is 20.1 Å². The van der Waals surface area contributed by atoms with Crippen molar-refractivity contribution in [3.63, 3.8) is 0 Å². The summed E-state index contributed by atoms with van der Waals surface area (Å²) < 4.78 is 10.4. The van der Waals surface area contributed by atoms with Crippen molar-refractivity contribution in [2.75, 3.05) is 19.0 Å². The molecule has 0 amide bonds. The maximum Gasteiger partial charge on any atom is 0.158 e. The van der Waals surface area contributed by atoms with E-state index in [-0.39, 0.29) is 0 Å². The molecule has 6 heteroatoms. The fourth-order valence-corrected chi connectivity index (χ4v) is 2.04. The Kier molecular flexibility index (Phi) is 5.92. The van der Waals surface area contributed by atoms with Crippen LogP contribution in [0.15, 0.2) is 30.3 Å². The standard InChI is InChI=1S/C15H18ClN3O2/c1-3-21-10-15-18-13(16)8-14(19-15)17-12-6-4-5-11(7-12)9-20-2/h4-8H,3,9-10H2,1-2H3,(H,17,18,19). The lowest BCUT2D eigenvalue weighted by molar-refractivity contribution is 0.128. The number of hydrogen-bond acceptors (Lipinski definition) is 5. The van der Waals surface area contributed by atoms with Gasteiger partial charge in [-0.2, -0.15) is 0 Å². The second-order valence-corrected chi connectivity index (χ2v) is 4.77. The van der Waals surface area contributed by atoms with Crippen molar-refractivity contribution in [3.05, 3.63) is 46.9 Å². The molecule has 0 fully saturated rings. The summed E-state index contributed by atoms with van der Waals surface area (Å²) in [5, 5.41) is 3.60. The lowest BCUT2D eigenvalue weighted by atomic mass is 10.2. The molecule has 5 nitrogen and oxygen atoms in total. The summed E-state index contributed by atoms with van der Waals surface area (Å²) in [6, 6.07) is 9.60. The average Bonchev–Trinajstić information content (AvgIpc) is 2.45. The summed E-state index contributed by atoms with van der Waals surface area (Å²) >= 11 is 6.01. The number of benzene rings is 1. The first-order valence-corrected chi connectivity index (χ1v) is 7.05. The van der Waals surface area contributed by atoms with E-state index in [1.54, 1.807) is 13.2 Å². The first-order valence-electron chi connectivity index (χ1n) is 6.67. The topological polar surface area (TPSA) is 56.3 Å². The van der Waals surface area contributed by atoms with Gasteiger partial charge in [0.05, 0.1) is 6.61 Å². The van der Waals surface area contributed by atoms with E-state index in [1.165, 1.54) is 0 Å². The molecule has 0 atom stereocenters. The Hall–Kier alpha value is -1.69. The van der Waals surface area contributed by atoms with Gasteiger partial charge >= 0.3 is 0 Å². The number of rotatable bonds is 7. The van der Waals surface area contributed by atoms with Crippen LogP contribution in [0.4, 0.5) is 11.5 Å². The molecule has 0 saturated carbocycles. The van der Waals surface area contributed by atoms with Gasteiger partial charge in [0.1, 0.15) is 17.6 Å². The number of aromatic nitrogens is 2. The van der Waals surface area contributed by atoms with Gasteiger partial charge in [0.15, 0.2) is 5.82 Å². The van der Waals surface area contributed by atoms with E-state index in [0.29, 0.717) is 36.6 Å². The molecule has 0 aliphatic carbocycles. The third-order valence-electron chi connectivity index (χ3n) is 2.69. The second-order valence-electron chi connectivity index (χ2n) is 4.39. The Morgan fingerprint density at radius 2 is 2.05 bits per heavy atom. The molecular weight excluding hydrogens is 290 g/mol. The van der Waals surface area contributed by atoms with Crippen LogP contribution in [-0.4, -0.2) is 23.7 Å². The zero-order valence-corrected chi connectivity index (χ0v) is 12.9. The van der Waals surface area contributed by atoms with Crippen LogP contribution in [0, 0.1) is 0 Å². The van der Waals surface area contributed by atoms with Crippen LogP contribution >= 0.6 is 11.6 Å². The molecule has 1 aromatic heterocycles. The fraction of sp³-hybridized carbons (Fsp3) is 0.333. The fourth-order valence-electron chi connectivity index (χ4n) is 1.84. The van der Waals surface area contributed by atoms with E-state index in [0.717, 1.165) is 11.3 Å². The minimum absolute atomic E-state index is 0.343. The summed E-state index contributed by atoms with van der Waals surface area (Å²) in [5.74, 6) is 1.19. The minimum atomic E-state index is 0.343. The van der Waals surface area contributed by atoms with Gasteiger partial charge in [0.2, 0.25) is 0 Å². The lowest BCUT2D eigenvalue weighted by Gasteiger charge is -2.09. The van der Waals surface area contributed by atoms with E-state index in [1.807, 2.05) is 31.2 Å². The summed E-state index contributed by atoms with van der Waals surface area (Å²) in [7, 11) is 1.67. The molecule has 0 radical (unpaired) electrons. The van der Waals surface area contributed by atoms with E-state index < -0.39 is 0 Å². The SMILES string of the molecule is CCOCc1nc(Cl)cc(Nc2cccc(COC)c2)n1. The molecule has 1 N–H and O–H groups in total. The van der Waals surface area contributed by atoms with Gasteiger partial charge in [-0.25, -0.2) is 9.97 Å². The van der Waals surface area contributed by atoms with Gasteiger partial charge in [-0.15, -0.1) is 0 Å². The molecule has 0 aliphatic rings. The normalized spacial score (nSPS) is 10.6. The van der Waals surface area contributed by atoms with Crippen LogP contribution in [0.1, 0.15) is 18.3 Å². The smallest absolute Gasteiger partial charge is 0.158 e. The zero-order chi connectivity index (χ0) is 15.1. The van der Waals surface area contributed by atoms with Crippen molar-refractivity contribution < 1.29 is 9.47 Å². The average molecular weight is 308 g/mol. The van der Waals surface area contributed by atoms with E-state index in [9.17, 15) is 0 Å². The number of halogens is 1. The van der Waals surface area contributed by atoms with Crippen LogP contribution in [0.5, 0.6) is 0 Å². The van der Waals surface area contributed by atoms with Gasteiger partial charge in [0.25, 0.3) is 0 Å². The Labute approximate surface area is 129 Å². The molecule has 21 heavy (non-hydrogen) atoms. The quantitative estimate of drug-likeness (QED) is 0.793. The van der Waals surface area contributed by atoms with Gasteiger partial charge in [-0.05, 0) is 24.6 Å². The molecule has 0 aliphatic heterocycles. The summed E-state index contributed by atoms with van der Waals surface area (Å²) in [6.45, 7) is 3.44. The largest absolute Gasteiger partial charge is 0.380 e. The summed E-state index contributed by atoms with van der Waals surface area (Å²) in [4.78, 5) is 8.51. The molecular formula is C15H18ClN3O2. The predicted molar refractivity (Wildman–Crippen MR) is 82.8 cm³/mol. The maximum absolute atomic E-state index is 6.01. The van der Waals surface area contributed by atoms with Crippen LogP contribution in [-0.2, 0) is 22.7 Å². The van der Waals surface area contributed by atoms with Crippen molar-refractivity contribution in [2.24, 2.45) is 0 Å². The summed E-state index contributed by atoms with van der Waals surface area (Å²) in [6.07, 6.45) is 0. The van der Waals surface area contributed by atoms with Crippen molar-refractivity contribution in [1.29, 1.82) is 0 Å². The molecule has 0 unspecified atom stereocenters. The number of hydrogen-bond donors (Lipinski definition) is 1. The molecule has 2 aromatic rings. The van der Waals surface area contributed by atoms with Crippen LogP contribution in [0.3, 0.4) is 0 Å². The van der Waals surface area contributed by atoms with E-state index >= 15 is 0 Å². The van der Waals surface area contributed by atoms with E-state index in [4.69, 9.17) is 21.1 Å². The Morgan fingerprint density at radius 3 is 2.81 bits per heavy atom. The van der Waals surface area contributed by atoms with Gasteiger partial charge < -0.3 is 14.8 Å². The van der Waals surface area contributed by atoms with Crippen LogP contribution in [0.25, 0.3) is 0 Å². The van der Waals surface area contributed by atoms with Crippen molar-refractivity contribution in [1.82, 2.24) is 9.97 Å². The maximum atomic E-state index is 6.01. The van der Waals surface area contributed by atoms with Crippen molar-refractivity contribution in [3.8, 4) is 0 Å². The molecule has 1 aromatic carbocycles. The highest BCUT2D eigenvalue weighted by atomic mass is 35.5. The van der Waals surface area contributed by atoms with E-state index in [2.05, 4.69) is 15.3 Å². The lowest BCUT2D eigenvalue weighted by Crippen LogP contribution is -2.03. The number of methoxy groups -OCH3 is 1. The highest BCUT2D eigenvalue weighted by molar-refractivity contribution is 6.29. The number of ether oxygens (including phenoxy) is 2. The Morgan fingerprint density at radius 1 is 1.19 bits per heavy atom. The third-order valence-corrected chi connectivity index (χ3v) is 2.88. The predicted octanol–water partition coefficient (Wildman–Crippen LogP) is 3.56. The third kappa shape index (κ3) is 4.97. The molecule has 0 saturated heterocycles. The highest BCUT2D eigenvalue weighted by Gasteiger charge is 2.04. The number of anilines is 2. The molecule has 1 heterocycles. The van der Waals surface area contributed by atoms with Gasteiger partial charge in [-0.3, -0.25) is 0 Å². The first-order chi connectivity index (χ1) is 10.2. The minimum Gasteiger partial charge on any atom is -0.380 e. The van der Waals surface area contributed by atoms with Crippen LogP contribution < -0.4 is 5.32 Å². The zero-order valence-electron chi connectivity index (χ0n) is 12.1. The Balaban J connectivity index is 2.14. The molecule has 0 bridgehead atoms. The highest BCUT2D eigenvalue weighted by Crippen LogP contribution is 2.19. The Bertz CT molecular complexity index is 593.